The van der Waals surface area contributed by atoms with E-state index < -0.39 is 5.97 Å². The molecule has 0 spiro atoms. The largest absolute Gasteiger partial charge is 0.497 e. The van der Waals surface area contributed by atoms with E-state index in [-0.39, 0.29) is 18.9 Å². The molecule has 1 aromatic heterocycles. The van der Waals surface area contributed by atoms with Gasteiger partial charge in [0.25, 0.3) is 0 Å². The molecule has 8 heteroatoms. The summed E-state index contributed by atoms with van der Waals surface area (Å²) in [4.78, 5) is 24.8. The van der Waals surface area contributed by atoms with Crippen molar-refractivity contribution in [3.63, 3.8) is 0 Å². The quantitative estimate of drug-likeness (QED) is 0.585. The maximum atomic E-state index is 12.0. The minimum Gasteiger partial charge on any atom is -0.497 e. The molecule has 2 aromatic rings. The normalized spacial score (nSPS) is 10.5. The van der Waals surface area contributed by atoms with Crippen LogP contribution in [0.15, 0.2) is 28.7 Å². The molecule has 0 saturated carbocycles. The van der Waals surface area contributed by atoms with Gasteiger partial charge in [-0.2, -0.15) is 0 Å². The van der Waals surface area contributed by atoms with Crippen molar-refractivity contribution in [2.75, 3.05) is 27.3 Å². The highest BCUT2D eigenvalue weighted by Crippen LogP contribution is 2.13. The Kier molecular flexibility index (Phi) is 7.79. The third-order valence-corrected chi connectivity index (χ3v) is 3.95. The Morgan fingerprint density at radius 2 is 1.74 bits per heavy atom. The van der Waals surface area contributed by atoms with Crippen LogP contribution >= 0.6 is 0 Å². The number of esters is 1. The molecule has 0 bridgehead atoms. The minimum absolute atomic E-state index is 0.0659. The number of methoxy groups -OCH3 is 1. The second kappa shape index (κ2) is 10.3. The second-order valence-corrected chi connectivity index (χ2v) is 5.99. The van der Waals surface area contributed by atoms with E-state index in [2.05, 4.69) is 10.2 Å². The number of hydrogen-bond donors (Lipinski definition) is 0. The zero-order chi connectivity index (χ0) is 19.6. The van der Waals surface area contributed by atoms with Crippen LogP contribution in [0.4, 0.5) is 0 Å². The summed E-state index contributed by atoms with van der Waals surface area (Å²) in [5.74, 6) is 1.16. The first-order valence-corrected chi connectivity index (χ1v) is 8.85. The van der Waals surface area contributed by atoms with Crippen molar-refractivity contribution in [2.24, 2.45) is 0 Å². The van der Waals surface area contributed by atoms with E-state index in [1.807, 2.05) is 24.3 Å². The van der Waals surface area contributed by atoms with E-state index in [1.165, 1.54) is 4.90 Å². The van der Waals surface area contributed by atoms with E-state index >= 15 is 0 Å². The topological polar surface area (TPSA) is 94.8 Å². The number of amides is 1. The summed E-state index contributed by atoms with van der Waals surface area (Å²) >= 11 is 0. The summed E-state index contributed by atoms with van der Waals surface area (Å²) in [6.45, 7) is 1.95. The van der Waals surface area contributed by atoms with Crippen LogP contribution in [-0.2, 0) is 33.6 Å². The van der Waals surface area contributed by atoms with E-state index in [0.29, 0.717) is 31.2 Å². The minimum atomic E-state index is -0.424. The number of hydrogen-bond acceptors (Lipinski definition) is 7. The summed E-state index contributed by atoms with van der Waals surface area (Å²) in [5, 5.41) is 8.00. The summed E-state index contributed by atoms with van der Waals surface area (Å²) in [7, 11) is 3.20. The Morgan fingerprint density at radius 3 is 2.37 bits per heavy atom. The van der Waals surface area contributed by atoms with Gasteiger partial charge >= 0.3 is 5.97 Å². The van der Waals surface area contributed by atoms with Crippen LogP contribution in [0.5, 0.6) is 5.75 Å². The number of ether oxygens (including phenoxy) is 2. The Balaban J connectivity index is 1.76. The third-order valence-electron chi connectivity index (χ3n) is 3.95. The van der Waals surface area contributed by atoms with Crippen molar-refractivity contribution in [3.05, 3.63) is 41.6 Å². The fraction of sp³-hybridized carbons (Fsp3) is 0.474. The fourth-order valence-electron chi connectivity index (χ4n) is 2.43. The van der Waals surface area contributed by atoms with Crippen LogP contribution in [0.3, 0.4) is 0 Å². The molecular formula is C19H25N3O5. The van der Waals surface area contributed by atoms with E-state index in [1.54, 1.807) is 21.1 Å². The monoisotopic (exact) mass is 375 g/mol. The molecule has 0 unspecified atom stereocenters. The molecule has 0 saturated heterocycles. The van der Waals surface area contributed by atoms with Crippen molar-refractivity contribution in [1.29, 1.82) is 0 Å². The molecule has 0 atom stereocenters. The van der Waals surface area contributed by atoms with Crippen LogP contribution in [-0.4, -0.2) is 54.3 Å². The molecule has 0 aliphatic rings. The number of aryl methyl sites for hydroxylation is 3. The SMILES string of the molecule is CCOC(=O)CN(C)C(=O)CCc1nnc(CCc2ccc(OC)cc2)o1. The van der Waals surface area contributed by atoms with Crippen LogP contribution in [0.2, 0.25) is 0 Å². The predicted octanol–water partition coefficient (Wildman–Crippen LogP) is 1.82. The molecule has 1 aromatic carbocycles. The van der Waals surface area contributed by atoms with Crippen LogP contribution in [0.25, 0.3) is 0 Å². The van der Waals surface area contributed by atoms with Gasteiger partial charge in [-0.15, -0.1) is 10.2 Å². The highest BCUT2D eigenvalue weighted by molar-refractivity contribution is 5.81. The van der Waals surface area contributed by atoms with E-state index in [0.717, 1.165) is 17.7 Å². The van der Waals surface area contributed by atoms with E-state index in [4.69, 9.17) is 13.9 Å². The first-order valence-electron chi connectivity index (χ1n) is 8.85. The van der Waals surface area contributed by atoms with E-state index in [9.17, 15) is 9.59 Å². The van der Waals surface area contributed by atoms with Gasteiger partial charge in [-0.25, -0.2) is 0 Å². The highest BCUT2D eigenvalue weighted by Gasteiger charge is 2.15. The summed E-state index contributed by atoms with van der Waals surface area (Å²) in [6, 6.07) is 7.81. The number of nitrogens with zero attached hydrogens (tertiary/aromatic N) is 3. The number of rotatable bonds is 10. The zero-order valence-electron chi connectivity index (χ0n) is 15.9. The Hall–Kier alpha value is -2.90. The van der Waals surface area contributed by atoms with Gasteiger partial charge in [-0.1, -0.05) is 12.1 Å². The maximum absolute atomic E-state index is 12.0. The molecule has 1 heterocycles. The predicted molar refractivity (Wildman–Crippen MR) is 97.3 cm³/mol. The Labute approximate surface area is 158 Å². The van der Waals surface area contributed by atoms with Crippen LogP contribution in [0.1, 0.15) is 30.7 Å². The zero-order valence-corrected chi connectivity index (χ0v) is 15.9. The fourth-order valence-corrected chi connectivity index (χ4v) is 2.43. The Bertz CT molecular complexity index is 742. The first-order chi connectivity index (χ1) is 13.0. The maximum Gasteiger partial charge on any atom is 0.325 e. The molecule has 8 nitrogen and oxygen atoms in total. The smallest absolute Gasteiger partial charge is 0.325 e. The molecule has 0 fully saturated rings. The molecule has 0 radical (unpaired) electrons. The number of likely N-dealkylation sites (N-methyl/N-ethyl adjacent to an activating group) is 1. The standard InChI is InChI=1S/C19H25N3O5/c1-4-26-19(24)13-22(2)18(23)12-11-17-21-20-16(27-17)10-7-14-5-8-15(25-3)9-6-14/h5-6,8-9H,4,7,10-13H2,1-3H3. The van der Waals surface area contributed by atoms with Crippen molar-refractivity contribution in [1.82, 2.24) is 15.1 Å². The first kappa shape index (κ1) is 20.4. The molecule has 27 heavy (non-hydrogen) atoms. The second-order valence-electron chi connectivity index (χ2n) is 5.99. The van der Waals surface area contributed by atoms with Crippen molar-refractivity contribution < 1.29 is 23.5 Å². The van der Waals surface area contributed by atoms with Gasteiger partial charge in [-0.3, -0.25) is 9.59 Å². The number of aromatic nitrogens is 2. The number of benzene rings is 1. The van der Waals surface area contributed by atoms with Crippen molar-refractivity contribution in [3.8, 4) is 5.75 Å². The molecule has 1 amide bonds. The molecule has 0 N–H and O–H groups in total. The van der Waals surface area contributed by atoms with Gasteiger partial charge in [0.1, 0.15) is 12.3 Å². The molecule has 0 aliphatic carbocycles. The lowest BCUT2D eigenvalue weighted by molar-refractivity contribution is -0.148. The van der Waals surface area contributed by atoms with Gasteiger partial charge in [0.2, 0.25) is 17.7 Å². The van der Waals surface area contributed by atoms with Crippen LogP contribution < -0.4 is 4.74 Å². The molecule has 146 valence electrons. The van der Waals surface area contributed by atoms with Gasteiger partial charge in [0, 0.05) is 26.3 Å². The summed E-state index contributed by atoms with van der Waals surface area (Å²) in [6.07, 6.45) is 1.92. The lowest BCUT2D eigenvalue weighted by atomic mass is 10.1. The average molecular weight is 375 g/mol. The van der Waals surface area contributed by atoms with Gasteiger partial charge in [0.05, 0.1) is 13.7 Å². The number of carbonyl (C=O) groups is 2. The van der Waals surface area contributed by atoms with Gasteiger partial charge in [-0.05, 0) is 31.0 Å². The summed E-state index contributed by atoms with van der Waals surface area (Å²) < 4.78 is 15.5. The van der Waals surface area contributed by atoms with Crippen molar-refractivity contribution in [2.45, 2.75) is 32.6 Å². The lowest BCUT2D eigenvalue weighted by Gasteiger charge is -2.15. The third kappa shape index (κ3) is 6.73. The highest BCUT2D eigenvalue weighted by atomic mass is 16.5. The summed E-state index contributed by atoms with van der Waals surface area (Å²) in [5.41, 5.74) is 1.14. The molecule has 0 aliphatic heterocycles. The van der Waals surface area contributed by atoms with Gasteiger partial charge in [0.15, 0.2) is 0 Å². The average Bonchev–Trinajstić information content (AvgIpc) is 3.12. The van der Waals surface area contributed by atoms with Crippen molar-refractivity contribution >= 4 is 11.9 Å². The van der Waals surface area contributed by atoms with Gasteiger partial charge < -0.3 is 18.8 Å². The van der Waals surface area contributed by atoms with Crippen LogP contribution in [0, 0.1) is 0 Å². The molecular weight excluding hydrogens is 350 g/mol. The Morgan fingerprint density at radius 1 is 1.07 bits per heavy atom. The number of carbonyl (C=O) groups excluding carboxylic acids is 2. The molecule has 2 rings (SSSR count). The lowest BCUT2D eigenvalue weighted by Crippen LogP contribution is -2.33.